The van der Waals surface area contributed by atoms with Gasteiger partial charge in [-0.3, -0.25) is 9.59 Å². The average Bonchev–Trinajstić information content (AvgIpc) is 3.25. The lowest BCUT2D eigenvalue weighted by Crippen LogP contribution is -2.45. The Morgan fingerprint density at radius 3 is 2.35 bits per heavy atom. The molecule has 0 N–H and O–H groups in total. The van der Waals surface area contributed by atoms with Gasteiger partial charge in [-0.2, -0.15) is 0 Å². The van der Waals surface area contributed by atoms with E-state index in [1.165, 1.54) is 0 Å². The van der Waals surface area contributed by atoms with E-state index in [2.05, 4.69) is 0 Å². The first-order valence-corrected chi connectivity index (χ1v) is 7.83. The van der Waals surface area contributed by atoms with E-state index < -0.39 is 0 Å². The van der Waals surface area contributed by atoms with Crippen LogP contribution in [0.4, 0.5) is 0 Å². The molecule has 0 bridgehead atoms. The molecule has 1 unspecified atom stereocenters. The largest absolute Gasteiger partial charge is 0.347 e. The van der Waals surface area contributed by atoms with Crippen LogP contribution in [-0.2, 0) is 4.79 Å². The van der Waals surface area contributed by atoms with E-state index in [0.29, 0.717) is 12.1 Å². The van der Waals surface area contributed by atoms with Gasteiger partial charge in [0.1, 0.15) is 6.04 Å². The summed E-state index contributed by atoms with van der Waals surface area (Å²) in [5, 5.41) is 0. The number of hydrogen-bond donors (Lipinski definition) is 0. The van der Waals surface area contributed by atoms with Gasteiger partial charge < -0.3 is 14.4 Å². The summed E-state index contributed by atoms with van der Waals surface area (Å²) < 4.78 is 1.99. The molecule has 3 rings (SSSR count). The fraction of sp³-hybridized carbons (Fsp3) is 0.333. The quantitative estimate of drug-likeness (QED) is 0.872. The number of likely N-dealkylation sites (tertiary alicyclic amines) is 1. The summed E-state index contributed by atoms with van der Waals surface area (Å²) in [6.45, 7) is 0.641. The molecule has 1 aromatic carbocycles. The van der Waals surface area contributed by atoms with Crippen molar-refractivity contribution in [3.63, 3.8) is 0 Å². The first kappa shape index (κ1) is 15.3. The number of likely N-dealkylation sites (N-methyl/N-ethyl adjacent to an activating group) is 1. The molecule has 1 aliphatic rings. The third-order valence-electron chi connectivity index (χ3n) is 4.26. The molecule has 2 amide bonds. The van der Waals surface area contributed by atoms with Crippen LogP contribution in [0, 0.1) is 0 Å². The Balaban J connectivity index is 1.78. The molecule has 1 aromatic heterocycles. The van der Waals surface area contributed by atoms with Crippen LogP contribution in [0.1, 0.15) is 23.2 Å². The molecule has 1 saturated heterocycles. The van der Waals surface area contributed by atoms with Crippen LogP contribution in [-0.4, -0.2) is 52.9 Å². The summed E-state index contributed by atoms with van der Waals surface area (Å²) in [6.07, 6.45) is 5.54. The summed E-state index contributed by atoms with van der Waals surface area (Å²) >= 11 is 0. The van der Waals surface area contributed by atoms with Gasteiger partial charge in [-0.15, -0.1) is 0 Å². The molecule has 2 aromatic rings. The van der Waals surface area contributed by atoms with Gasteiger partial charge in [-0.1, -0.05) is 0 Å². The van der Waals surface area contributed by atoms with Gasteiger partial charge in [0, 0.05) is 44.3 Å². The molecule has 2 heterocycles. The normalized spacial score (nSPS) is 17.3. The number of aromatic nitrogens is 1. The number of nitrogens with zero attached hydrogens (tertiary/aromatic N) is 3. The Morgan fingerprint density at radius 2 is 1.74 bits per heavy atom. The lowest BCUT2D eigenvalue weighted by atomic mass is 10.1. The molecule has 5 nitrogen and oxygen atoms in total. The monoisotopic (exact) mass is 311 g/mol. The van der Waals surface area contributed by atoms with E-state index in [4.69, 9.17) is 0 Å². The maximum Gasteiger partial charge on any atom is 0.254 e. The molecule has 5 heteroatoms. The minimum absolute atomic E-state index is 0.000175. The summed E-state index contributed by atoms with van der Waals surface area (Å²) in [6, 6.07) is 11.1. The summed E-state index contributed by atoms with van der Waals surface area (Å²) in [5.74, 6) is -0.0680. The third-order valence-corrected chi connectivity index (χ3v) is 4.26. The number of amides is 2. The molecule has 1 aliphatic heterocycles. The van der Waals surface area contributed by atoms with Crippen LogP contribution in [0.5, 0.6) is 0 Å². The second-order valence-corrected chi connectivity index (χ2v) is 6.03. The first-order chi connectivity index (χ1) is 11.1. The van der Waals surface area contributed by atoms with E-state index in [-0.39, 0.29) is 17.9 Å². The Hall–Kier alpha value is -2.56. The number of benzene rings is 1. The zero-order valence-corrected chi connectivity index (χ0v) is 13.5. The van der Waals surface area contributed by atoms with Crippen LogP contribution < -0.4 is 0 Å². The summed E-state index contributed by atoms with van der Waals surface area (Å²) in [4.78, 5) is 28.2. The Labute approximate surface area is 136 Å². The van der Waals surface area contributed by atoms with E-state index in [1.807, 2.05) is 53.4 Å². The predicted molar refractivity (Wildman–Crippen MR) is 88.5 cm³/mol. The molecule has 23 heavy (non-hydrogen) atoms. The van der Waals surface area contributed by atoms with Gasteiger partial charge in [-0.05, 0) is 49.2 Å². The van der Waals surface area contributed by atoms with Crippen LogP contribution in [0.3, 0.4) is 0 Å². The highest BCUT2D eigenvalue weighted by atomic mass is 16.2. The molecular formula is C18H21N3O2. The number of hydrogen-bond acceptors (Lipinski definition) is 2. The number of rotatable bonds is 3. The molecular weight excluding hydrogens is 290 g/mol. The Kier molecular flexibility index (Phi) is 4.19. The van der Waals surface area contributed by atoms with Crippen LogP contribution >= 0.6 is 0 Å². The molecule has 1 atom stereocenters. The van der Waals surface area contributed by atoms with Gasteiger partial charge in [0.05, 0.1) is 0 Å². The highest BCUT2D eigenvalue weighted by Gasteiger charge is 2.35. The van der Waals surface area contributed by atoms with Crippen molar-refractivity contribution >= 4 is 11.8 Å². The van der Waals surface area contributed by atoms with Crippen LogP contribution in [0.2, 0.25) is 0 Å². The van der Waals surface area contributed by atoms with Gasteiger partial charge in [0.2, 0.25) is 5.91 Å². The second-order valence-electron chi connectivity index (χ2n) is 6.03. The third kappa shape index (κ3) is 2.99. The van der Waals surface area contributed by atoms with Crippen molar-refractivity contribution in [2.24, 2.45) is 0 Å². The van der Waals surface area contributed by atoms with Gasteiger partial charge in [-0.25, -0.2) is 0 Å². The Morgan fingerprint density at radius 1 is 1.09 bits per heavy atom. The predicted octanol–water partition coefficient (Wildman–Crippen LogP) is 2.17. The van der Waals surface area contributed by atoms with Crippen molar-refractivity contribution in [3.8, 4) is 5.69 Å². The smallest absolute Gasteiger partial charge is 0.254 e. The van der Waals surface area contributed by atoms with Crippen molar-refractivity contribution in [2.75, 3.05) is 20.6 Å². The van der Waals surface area contributed by atoms with Gasteiger partial charge >= 0.3 is 0 Å². The minimum Gasteiger partial charge on any atom is -0.347 e. The lowest BCUT2D eigenvalue weighted by Gasteiger charge is -2.26. The molecule has 1 fully saturated rings. The van der Waals surface area contributed by atoms with Gasteiger partial charge in [0.15, 0.2) is 0 Å². The van der Waals surface area contributed by atoms with Crippen molar-refractivity contribution in [2.45, 2.75) is 18.9 Å². The summed E-state index contributed by atoms with van der Waals surface area (Å²) in [7, 11) is 3.46. The first-order valence-electron chi connectivity index (χ1n) is 7.83. The van der Waals surface area contributed by atoms with E-state index in [9.17, 15) is 9.59 Å². The standard InChI is InChI=1S/C18H21N3O2/c1-19(2)18(23)16-6-5-13-21(16)17(22)14-7-9-15(10-8-14)20-11-3-4-12-20/h3-4,7-12,16H,5-6,13H2,1-2H3. The molecule has 0 saturated carbocycles. The maximum absolute atomic E-state index is 12.7. The zero-order chi connectivity index (χ0) is 16.4. The zero-order valence-electron chi connectivity index (χ0n) is 13.5. The van der Waals surface area contributed by atoms with Crippen molar-refractivity contribution in [3.05, 3.63) is 54.4 Å². The molecule has 0 spiro atoms. The second kappa shape index (κ2) is 6.28. The fourth-order valence-corrected chi connectivity index (χ4v) is 3.01. The minimum atomic E-state index is -0.332. The summed E-state index contributed by atoms with van der Waals surface area (Å²) in [5.41, 5.74) is 1.63. The highest BCUT2D eigenvalue weighted by Crippen LogP contribution is 2.22. The number of carbonyl (C=O) groups is 2. The van der Waals surface area contributed by atoms with Crippen LogP contribution in [0.15, 0.2) is 48.8 Å². The molecule has 120 valence electrons. The lowest BCUT2D eigenvalue weighted by molar-refractivity contribution is -0.132. The SMILES string of the molecule is CN(C)C(=O)C1CCCN1C(=O)c1ccc(-n2cccc2)cc1. The Bertz CT molecular complexity index is 690. The van der Waals surface area contributed by atoms with Crippen molar-refractivity contribution in [1.82, 2.24) is 14.4 Å². The van der Waals surface area contributed by atoms with Crippen molar-refractivity contribution in [1.29, 1.82) is 0 Å². The molecule has 0 aliphatic carbocycles. The van der Waals surface area contributed by atoms with E-state index in [0.717, 1.165) is 18.5 Å². The number of carbonyl (C=O) groups excluding carboxylic acids is 2. The van der Waals surface area contributed by atoms with Crippen LogP contribution in [0.25, 0.3) is 5.69 Å². The van der Waals surface area contributed by atoms with Gasteiger partial charge in [0.25, 0.3) is 5.91 Å². The van der Waals surface area contributed by atoms with Crippen molar-refractivity contribution < 1.29 is 9.59 Å². The molecule has 0 radical (unpaired) electrons. The van der Waals surface area contributed by atoms with E-state index >= 15 is 0 Å². The topological polar surface area (TPSA) is 45.6 Å². The fourth-order valence-electron chi connectivity index (χ4n) is 3.01. The maximum atomic E-state index is 12.7. The highest BCUT2D eigenvalue weighted by molar-refractivity contribution is 5.98. The average molecular weight is 311 g/mol. The van der Waals surface area contributed by atoms with E-state index in [1.54, 1.807) is 23.9 Å².